The van der Waals surface area contributed by atoms with Crippen LogP contribution in [0.25, 0.3) is 5.57 Å². The summed E-state index contributed by atoms with van der Waals surface area (Å²) >= 11 is 0. The zero-order chi connectivity index (χ0) is 9.97. The summed E-state index contributed by atoms with van der Waals surface area (Å²) in [6.45, 7) is 0. The Morgan fingerprint density at radius 3 is 2.71 bits per heavy atom. The van der Waals surface area contributed by atoms with Crippen molar-refractivity contribution in [2.75, 3.05) is 0 Å². The van der Waals surface area contributed by atoms with Gasteiger partial charge in [-0.2, -0.15) is 0 Å². The van der Waals surface area contributed by atoms with Crippen LogP contribution in [-0.2, 0) is 0 Å². The third-order valence-corrected chi connectivity index (χ3v) is 2.26. The van der Waals surface area contributed by atoms with Gasteiger partial charge in [-0.1, -0.05) is 18.2 Å². The quantitative estimate of drug-likeness (QED) is 0.720. The zero-order valence-electron chi connectivity index (χ0n) is 7.70. The molecular weight excluding hydrogens is 179 g/mol. The van der Waals surface area contributed by atoms with Crippen molar-refractivity contribution in [3.8, 4) is 5.75 Å². The van der Waals surface area contributed by atoms with Gasteiger partial charge in [0.15, 0.2) is 0 Å². The summed E-state index contributed by atoms with van der Waals surface area (Å²) in [7, 11) is 0. The summed E-state index contributed by atoms with van der Waals surface area (Å²) in [4.78, 5) is 0. The molecule has 1 aliphatic rings. The van der Waals surface area contributed by atoms with Gasteiger partial charge in [0.2, 0.25) is 0 Å². The van der Waals surface area contributed by atoms with Crippen LogP contribution in [0.5, 0.6) is 5.75 Å². The fraction of sp³-hybridized carbons (Fsp3) is 0.167. The summed E-state index contributed by atoms with van der Waals surface area (Å²) in [6, 6.07) is 4.24. The fourth-order valence-electron chi connectivity index (χ4n) is 1.55. The molecular formula is C12H11FO. The summed E-state index contributed by atoms with van der Waals surface area (Å²) in [5.74, 6) is -0.408. The van der Waals surface area contributed by atoms with Gasteiger partial charge in [-0.25, -0.2) is 4.39 Å². The number of allylic oxidation sites excluding steroid dienone is 4. The fourth-order valence-corrected chi connectivity index (χ4v) is 1.55. The van der Waals surface area contributed by atoms with Crippen LogP contribution in [0.4, 0.5) is 4.39 Å². The molecule has 0 aliphatic heterocycles. The maximum absolute atomic E-state index is 13.4. The first-order valence-electron chi connectivity index (χ1n) is 4.63. The number of benzene rings is 1. The number of rotatable bonds is 1. The minimum absolute atomic E-state index is 0.0355. The largest absolute Gasteiger partial charge is 0.508 e. The van der Waals surface area contributed by atoms with Crippen molar-refractivity contribution in [3.05, 3.63) is 47.8 Å². The van der Waals surface area contributed by atoms with Gasteiger partial charge in [0.25, 0.3) is 0 Å². The molecule has 2 heteroatoms. The van der Waals surface area contributed by atoms with Crippen LogP contribution in [-0.4, -0.2) is 5.11 Å². The third-order valence-electron chi connectivity index (χ3n) is 2.26. The van der Waals surface area contributed by atoms with Crippen molar-refractivity contribution in [2.24, 2.45) is 0 Å². The monoisotopic (exact) mass is 190 g/mol. The van der Waals surface area contributed by atoms with Crippen LogP contribution in [0, 0.1) is 5.82 Å². The van der Waals surface area contributed by atoms with E-state index in [9.17, 15) is 4.39 Å². The lowest BCUT2D eigenvalue weighted by Gasteiger charge is -2.08. The summed E-state index contributed by atoms with van der Waals surface area (Å²) in [5, 5.41) is 9.06. The standard InChI is InChI=1S/C12H11FO/c13-12-8-10(14)6-7-11(12)9-4-2-1-3-5-9/h2,4-8,14H,1,3H2. The molecule has 0 amide bonds. The molecule has 0 bridgehead atoms. The Kier molecular flexibility index (Phi) is 2.35. The highest BCUT2D eigenvalue weighted by atomic mass is 19.1. The lowest BCUT2D eigenvalue weighted by Crippen LogP contribution is -1.90. The first-order chi connectivity index (χ1) is 6.77. The number of halogens is 1. The molecule has 2 rings (SSSR count). The van der Waals surface area contributed by atoms with Crippen LogP contribution in [0.1, 0.15) is 18.4 Å². The molecule has 0 fully saturated rings. The van der Waals surface area contributed by atoms with Crippen LogP contribution in [0.15, 0.2) is 36.4 Å². The van der Waals surface area contributed by atoms with E-state index >= 15 is 0 Å². The van der Waals surface area contributed by atoms with E-state index in [2.05, 4.69) is 0 Å². The van der Waals surface area contributed by atoms with E-state index in [1.165, 1.54) is 6.07 Å². The average molecular weight is 190 g/mol. The maximum Gasteiger partial charge on any atom is 0.134 e. The first-order valence-corrected chi connectivity index (χ1v) is 4.63. The molecule has 0 radical (unpaired) electrons. The van der Waals surface area contributed by atoms with E-state index < -0.39 is 0 Å². The second-order valence-corrected chi connectivity index (χ2v) is 3.30. The second-order valence-electron chi connectivity index (χ2n) is 3.30. The molecule has 0 heterocycles. The second kappa shape index (κ2) is 3.66. The SMILES string of the molecule is Oc1ccc(C2=CCCC=C2)c(F)c1. The van der Waals surface area contributed by atoms with Gasteiger partial charge < -0.3 is 5.11 Å². The zero-order valence-corrected chi connectivity index (χ0v) is 7.70. The number of hydrogen-bond acceptors (Lipinski definition) is 1. The van der Waals surface area contributed by atoms with Crippen LogP contribution in [0.2, 0.25) is 0 Å². The minimum Gasteiger partial charge on any atom is -0.508 e. The molecule has 0 atom stereocenters. The molecule has 1 aromatic carbocycles. The predicted molar refractivity (Wildman–Crippen MR) is 54.4 cm³/mol. The van der Waals surface area contributed by atoms with Crippen molar-refractivity contribution in [3.63, 3.8) is 0 Å². The maximum atomic E-state index is 13.4. The Morgan fingerprint density at radius 1 is 1.21 bits per heavy atom. The smallest absolute Gasteiger partial charge is 0.134 e. The molecule has 0 spiro atoms. The van der Waals surface area contributed by atoms with Crippen molar-refractivity contribution in [1.82, 2.24) is 0 Å². The lowest BCUT2D eigenvalue weighted by atomic mass is 9.99. The van der Waals surface area contributed by atoms with Crippen LogP contribution >= 0.6 is 0 Å². The highest BCUT2D eigenvalue weighted by Crippen LogP contribution is 2.25. The van der Waals surface area contributed by atoms with E-state index in [0.717, 1.165) is 24.5 Å². The molecule has 1 aliphatic carbocycles. The Labute approximate surface area is 82.2 Å². The van der Waals surface area contributed by atoms with Gasteiger partial charge in [-0.05, 0) is 30.5 Å². The van der Waals surface area contributed by atoms with Gasteiger partial charge in [-0.3, -0.25) is 0 Å². The number of aromatic hydroxyl groups is 1. The molecule has 0 aromatic heterocycles. The highest BCUT2D eigenvalue weighted by Gasteiger charge is 2.07. The van der Waals surface area contributed by atoms with Crippen molar-refractivity contribution < 1.29 is 9.50 Å². The van der Waals surface area contributed by atoms with E-state index in [1.54, 1.807) is 6.07 Å². The van der Waals surface area contributed by atoms with Crippen molar-refractivity contribution >= 4 is 5.57 Å². The normalized spacial score (nSPS) is 15.4. The summed E-state index contributed by atoms with van der Waals surface area (Å²) in [6.07, 6.45) is 7.92. The molecule has 1 N–H and O–H groups in total. The summed E-state index contributed by atoms with van der Waals surface area (Å²) < 4.78 is 13.4. The van der Waals surface area contributed by atoms with E-state index in [4.69, 9.17) is 5.11 Å². The Hall–Kier alpha value is -1.57. The van der Waals surface area contributed by atoms with E-state index in [-0.39, 0.29) is 11.6 Å². The molecule has 14 heavy (non-hydrogen) atoms. The Morgan fingerprint density at radius 2 is 2.07 bits per heavy atom. The predicted octanol–water partition coefficient (Wildman–Crippen LogP) is 3.26. The number of hydrogen-bond donors (Lipinski definition) is 1. The number of phenols is 1. The minimum atomic E-state index is -0.372. The highest BCUT2D eigenvalue weighted by molar-refractivity contribution is 5.75. The van der Waals surface area contributed by atoms with Gasteiger partial charge in [-0.15, -0.1) is 0 Å². The number of phenolic OH excluding ortho intramolecular Hbond substituents is 1. The van der Waals surface area contributed by atoms with Crippen LogP contribution in [0.3, 0.4) is 0 Å². The van der Waals surface area contributed by atoms with Gasteiger partial charge in [0, 0.05) is 11.6 Å². The Bertz CT molecular complexity index is 405. The molecule has 1 aromatic rings. The van der Waals surface area contributed by atoms with Gasteiger partial charge >= 0.3 is 0 Å². The van der Waals surface area contributed by atoms with Gasteiger partial charge in [0.05, 0.1) is 0 Å². The Balaban J connectivity index is 2.41. The third kappa shape index (κ3) is 1.69. The lowest BCUT2D eigenvalue weighted by molar-refractivity contribution is 0.469. The van der Waals surface area contributed by atoms with E-state index in [1.807, 2.05) is 18.2 Å². The molecule has 0 unspecified atom stereocenters. The molecule has 72 valence electrons. The molecule has 1 nitrogen and oxygen atoms in total. The topological polar surface area (TPSA) is 20.2 Å². The summed E-state index contributed by atoms with van der Waals surface area (Å²) in [5.41, 5.74) is 1.45. The van der Waals surface area contributed by atoms with Gasteiger partial charge in [0.1, 0.15) is 11.6 Å². The molecule has 0 saturated carbocycles. The average Bonchev–Trinajstić information content (AvgIpc) is 2.19. The van der Waals surface area contributed by atoms with E-state index in [0.29, 0.717) is 5.56 Å². The van der Waals surface area contributed by atoms with Crippen molar-refractivity contribution in [2.45, 2.75) is 12.8 Å². The van der Waals surface area contributed by atoms with Crippen molar-refractivity contribution in [1.29, 1.82) is 0 Å². The van der Waals surface area contributed by atoms with Crippen LogP contribution < -0.4 is 0 Å². The first kappa shape index (κ1) is 9.00. The molecule has 0 saturated heterocycles.